The molecule has 0 aromatic carbocycles. The maximum absolute atomic E-state index is 0. The van der Waals surface area contributed by atoms with Gasteiger partial charge in [-0.3, -0.25) is 0 Å². The van der Waals surface area contributed by atoms with Crippen molar-refractivity contribution in [3.8, 4) is 0 Å². The van der Waals surface area contributed by atoms with Gasteiger partial charge in [0.2, 0.25) is 0 Å². The van der Waals surface area contributed by atoms with Crippen molar-refractivity contribution in [2.45, 2.75) is 0 Å². The van der Waals surface area contributed by atoms with Gasteiger partial charge in [0, 0.05) is 0 Å². The SMILES string of the molecule is N.N.P.[K+]. The zero-order valence-corrected chi connectivity index (χ0v) is 7.66. The molecule has 0 rings (SSSR count). The van der Waals surface area contributed by atoms with Crippen molar-refractivity contribution in [2.75, 3.05) is 0 Å². The third kappa shape index (κ3) is 9.01. The van der Waals surface area contributed by atoms with E-state index >= 15 is 0 Å². The first-order chi connectivity index (χ1) is 0. The maximum atomic E-state index is 0. The largest absolute Gasteiger partial charge is 1.00 e. The molecule has 0 spiro atoms. The van der Waals surface area contributed by atoms with Crippen LogP contribution in [0.15, 0.2) is 0 Å². The Morgan fingerprint density at radius 1 is 0.750 bits per heavy atom. The quantitative estimate of drug-likeness (QED) is 0.263. The van der Waals surface area contributed by atoms with Crippen molar-refractivity contribution in [1.82, 2.24) is 12.3 Å². The summed E-state index contributed by atoms with van der Waals surface area (Å²) in [6.07, 6.45) is 0. The van der Waals surface area contributed by atoms with Crippen LogP contribution in [-0.2, 0) is 0 Å². The van der Waals surface area contributed by atoms with E-state index in [2.05, 4.69) is 0 Å². The summed E-state index contributed by atoms with van der Waals surface area (Å²) >= 11 is 0. The van der Waals surface area contributed by atoms with Crippen molar-refractivity contribution in [2.24, 2.45) is 0 Å². The maximum Gasteiger partial charge on any atom is 1.00 e. The van der Waals surface area contributed by atoms with E-state index in [1.165, 1.54) is 0 Å². The molecular formula is H9KN2P+. The molecule has 0 aromatic rings. The van der Waals surface area contributed by atoms with E-state index in [1.54, 1.807) is 0 Å². The fraction of sp³-hybridized carbons (Fsp3) is 0. The smallest absolute Gasteiger partial charge is 0.344 e. The van der Waals surface area contributed by atoms with Gasteiger partial charge in [-0.15, -0.1) is 0 Å². The van der Waals surface area contributed by atoms with Crippen LogP contribution < -0.4 is 63.7 Å². The fourth-order valence-corrected chi connectivity index (χ4v) is 0. The van der Waals surface area contributed by atoms with Crippen LogP contribution in [0.2, 0.25) is 0 Å². The Labute approximate surface area is 72.3 Å². The van der Waals surface area contributed by atoms with Crippen molar-refractivity contribution in [3.05, 3.63) is 0 Å². The molecule has 6 N–H and O–H groups in total. The van der Waals surface area contributed by atoms with E-state index in [4.69, 9.17) is 0 Å². The zero-order valence-electron chi connectivity index (χ0n) is 3.12. The first-order valence-electron chi connectivity index (χ1n) is 0. The van der Waals surface area contributed by atoms with Crippen LogP contribution in [0.3, 0.4) is 0 Å². The van der Waals surface area contributed by atoms with Gasteiger partial charge in [0.05, 0.1) is 0 Å². The fourth-order valence-electron chi connectivity index (χ4n) is 0. The molecule has 0 fully saturated rings. The molecule has 2 nitrogen and oxygen atoms in total. The number of rotatable bonds is 0. The molecule has 1 atom stereocenters. The van der Waals surface area contributed by atoms with Gasteiger partial charge in [0.1, 0.15) is 0 Å². The van der Waals surface area contributed by atoms with Gasteiger partial charge in [0.15, 0.2) is 0 Å². The predicted molar refractivity (Wildman–Crippen MR) is 21.1 cm³/mol. The molecule has 24 valence electrons. The zero-order chi connectivity index (χ0) is 0. The van der Waals surface area contributed by atoms with Crippen LogP contribution in [0.1, 0.15) is 0 Å². The van der Waals surface area contributed by atoms with E-state index in [1.807, 2.05) is 0 Å². The Balaban J connectivity index is 0. The first kappa shape index (κ1) is 37.7. The van der Waals surface area contributed by atoms with Crippen molar-refractivity contribution in [1.29, 1.82) is 0 Å². The van der Waals surface area contributed by atoms with Gasteiger partial charge in [0.25, 0.3) is 0 Å². The van der Waals surface area contributed by atoms with Gasteiger partial charge in [-0.25, -0.2) is 0 Å². The minimum atomic E-state index is 0. The van der Waals surface area contributed by atoms with E-state index in [9.17, 15) is 0 Å². The molecule has 0 saturated heterocycles. The Bertz CT molecular complexity index is 6.00. The van der Waals surface area contributed by atoms with Crippen LogP contribution in [0, 0.1) is 0 Å². The molecule has 0 heterocycles. The Morgan fingerprint density at radius 3 is 0.750 bits per heavy atom. The summed E-state index contributed by atoms with van der Waals surface area (Å²) < 4.78 is 0. The molecule has 0 aliphatic rings. The van der Waals surface area contributed by atoms with Crippen LogP contribution in [0.25, 0.3) is 0 Å². The third-order valence-electron chi connectivity index (χ3n) is 0. The monoisotopic (exact) mass is 107 g/mol. The summed E-state index contributed by atoms with van der Waals surface area (Å²) in [4.78, 5) is 0. The second-order valence-electron chi connectivity index (χ2n) is 0. The normalized spacial score (nSPS) is 0. The molecule has 0 aromatic heterocycles. The van der Waals surface area contributed by atoms with Crippen molar-refractivity contribution < 1.29 is 51.4 Å². The van der Waals surface area contributed by atoms with Gasteiger partial charge < -0.3 is 12.3 Å². The predicted octanol–water partition coefficient (Wildman–Crippen LogP) is -2.61. The topological polar surface area (TPSA) is 70.0 Å². The molecule has 0 bridgehead atoms. The Kier molecular flexibility index (Phi) is 189. The van der Waals surface area contributed by atoms with Gasteiger partial charge >= 0.3 is 51.4 Å². The standard InChI is InChI=1S/K.2H3N.H3P/h;3*1H3/q+1;;;. The average Bonchev–Trinajstić information content (AvgIpc) is 0. The van der Waals surface area contributed by atoms with Crippen LogP contribution in [0.5, 0.6) is 0 Å². The van der Waals surface area contributed by atoms with E-state index in [0.29, 0.717) is 0 Å². The second kappa shape index (κ2) is 20.1. The van der Waals surface area contributed by atoms with E-state index in [0.717, 1.165) is 0 Å². The molecule has 0 saturated carbocycles. The van der Waals surface area contributed by atoms with Gasteiger partial charge in [-0.1, -0.05) is 0 Å². The molecule has 0 aliphatic heterocycles. The molecule has 4 heteroatoms. The third-order valence-corrected chi connectivity index (χ3v) is 0. The van der Waals surface area contributed by atoms with Crippen LogP contribution in [-0.4, -0.2) is 0 Å². The van der Waals surface area contributed by atoms with Crippen LogP contribution in [0.4, 0.5) is 0 Å². The number of hydrogen-bond acceptors (Lipinski definition) is 2. The van der Waals surface area contributed by atoms with Crippen molar-refractivity contribution in [3.63, 3.8) is 0 Å². The van der Waals surface area contributed by atoms with Crippen molar-refractivity contribution >= 4 is 9.90 Å². The minimum absolute atomic E-state index is 0. The van der Waals surface area contributed by atoms with Crippen LogP contribution >= 0.6 is 9.90 Å². The first-order valence-corrected chi connectivity index (χ1v) is 0. The summed E-state index contributed by atoms with van der Waals surface area (Å²) in [5.41, 5.74) is 0. The minimum Gasteiger partial charge on any atom is -0.344 e. The molecule has 4 heavy (non-hydrogen) atoms. The molecular weight excluding hydrogens is 98.1 g/mol. The Morgan fingerprint density at radius 2 is 0.750 bits per heavy atom. The van der Waals surface area contributed by atoms with E-state index < -0.39 is 0 Å². The van der Waals surface area contributed by atoms with Gasteiger partial charge in [-0.05, 0) is 0 Å². The van der Waals surface area contributed by atoms with Gasteiger partial charge in [-0.2, -0.15) is 9.90 Å². The summed E-state index contributed by atoms with van der Waals surface area (Å²) in [6.45, 7) is 0. The molecule has 0 radical (unpaired) electrons. The second-order valence-corrected chi connectivity index (χ2v) is 0. The summed E-state index contributed by atoms with van der Waals surface area (Å²) in [6, 6.07) is 0. The summed E-state index contributed by atoms with van der Waals surface area (Å²) in [5, 5.41) is 0. The molecule has 1 unspecified atom stereocenters. The number of hydrogen-bond donors (Lipinski definition) is 2. The summed E-state index contributed by atoms with van der Waals surface area (Å²) in [5.74, 6) is 0. The van der Waals surface area contributed by atoms with E-state index in [-0.39, 0.29) is 73.6 Å². The summed E-state index contributed by atoms with van der Waals surface area (Å²) in [7, 11) is 0. The molecule has 0 aliphatic carbocycles. The Hall–Kier alpha value is 1.99. The average molecular weight is 107 g/mol. The molecule has 0 amide bonds.